The summed E-state index contributed by atoms with van der Waals surface area (Å²) >= 11 is 0. The summed E-state index contributed by atoms with van der Waals surface area (Å²) in [4.78, 5) is 24.0. The minimum absolute atomic E-state index is 0.146. The highest BCUT2D eigenvalue weighted by Crippen LogP contribution is 2.60. The Bertz CT molecular complexity index is 1230. The molecule has 0 atom stereocenters. The number of anilines is 3. The Balaban J connectivity index is 1.10. The van der Waals surface area contributed by atoms with Gasteiger partial charge in [0.2, 0.25) is 0 Å². The van der Waals surface area contributed by atoms with Crippen LogP contribution in [0.25, 0.3) is 0 Å². The molecule has 4 saturated carbocycles. The summed E-state index contributed by atoms with van der Waals surface area (Å²) in [6.45, 7) is 0. The predicted octanol–water partition coefficient (Wildman–Crippen LogP) is 6.85. The first-order valence-electron chi connectivity index (χ1n) is 12.6. The van der Waals surface area contributed by atoms with E-state index in [9.17, 15) is 9.59 Å². The van der Waals surface area contributed by atoms with Crippen molar-refractivity contribution in [3.05, 3.63) is 89.5 Å². The summed E-state index contributed by atoms with van der Waals surface area (Å²) in [7, 11) is 0. The normalized spacial score (nSPS) is 26.3. The van der Waals surface area contributed by atoms with Crippen LogP contribution in [0.5, 0.6) is 0 Å². The Morgan fingerprint density at radius 3 is 1.91 bits per heavy atom. The average Bonchev–Trinajstić information content (AvgIpc) is 2.84. The molecule has 0 heterocycles. The first-order valence-corrected chi connectivity index (χ1v) is 12.6. The van der Waals surface area contributed by atoms with E-state index in [4.69, 9.17) is 5.11 Å². The minimum atomic E-state index is -0.966. The van der Waals surface area contributed by atoms with E-state index in [1.807, 2.05) is 12.1 Å². The van der Waals surface area contributed by atoms with Crippen LogP contribution in [0.4, 0.5) is 17.1 Å². The Labute approximate surface area is 205 Å². The van der Waals surface area contributed by atoms with Crippen LogP contribution in [-0.4, -0.2) is 17.0 Å². The van der Waals surface area contributed by atoms with Crippen molar-refractivity contribution >= 4 is 28.9 Å². The summed E-state index contributed by atoms with van der Waals surface area (Å²) in [5, 5.41) is 15.4. The van der Waals surface area contributed by atoms with Gasteiger partial charge in [-0.3, -0.25) is 4.79 Å². The monoisotopic (exact) mass is 466 g/mol. The lowest BCUT2D eigenvalue weighted by atomic mass is 9.48. The van der Waals surface area contributed by atoms with Crippen molar-refractivity contribution in [3.8, 4) is 0 Å². The van der Waals surface area contributed by atoms with Gasteiger partial charge >= 0.3 is 5.97 Å². The van der Waals surface area contributed by atoms with Gasteiger partial charge in [-0.15, -0.1) is 0 Å². The number of benzene rings is 3. The Morgan fingerprint density at radius 2 is 1.31 bits per heavy atom. The number of hydrogen-bond donors (Lipinski definition) is 3. The van der Waals surface area contributed by atoms with E-state index in [0.717, 1.165) is 29.1 Å². The zero-order valence-corrected chi connectivity index (χ0v) is 19.7. The van der Waals surface area contributed by atoms with Gasteiger partial charge in [-0.25, -0.2) is 4.79 Å². The molecular weight excluding hydrogens is 436 g/mol. The number of amides is 1. The second-order valence-electron chi connectivity index (χ2n) is 10.8. The van der Waals surface area contributed by atoms with Gasteiger partial charge in [0, 0.05) is 22.6 Å². The topological polar surface area (TPSA) is 78.4 Å². The van der Waals surface area contributed by atoms with E-state index in [1.54, 1.807) is 36.4 Å². The third-order valence-electron chi connectivity index (χ3n) is 8.34. The molecule has 0 unspecified atom stereocenters. The van der Waals surface area contributed by atoms with Crippen molar-refractivity contribution < 1.29 is 14.7 Å². The van der Waals surface area contributed by atoms with Crippen LogP contribution in [-0.2, 0) is 5.41 Å². The summed E-state index contributed by atoms with van der Waals surface area (Å²) < 4.78 is 0. The molecular formula is C30H30N2O3. The van der Waals surface area contributed by atoms with Crippen molar-refractivity contribution in [2.45, 2.75) is 43.9 Å². The number of aromatic carboxylic acids is 1. The first-order chi connectivity index (χ1) is 17.0. The van der Waals surface area contributed by atoms with Crippen molar-refractivity contribution in [2.24, 2.45) is 17.8 Å². The van der Waals surface area contributed by atoms with Crippen LogP contribution in [0, 0.1) is 17.8 Å². The SMILES string of the molecule is O=C(O)c1cccc(Nc2ccc(C(=O)Nc3ccc(C45CC6CC(CC(C6)C4)C5)cc3)cc2)c1. The van der Waals surface area contributed by atoms with Crippen molar-refractivity contribution in [1.82, 2.24) is 0 Å². The number of carbonyl (C=O) groups is 2. The van der Waals surface area contributed by atoms with Crippen molar-refractivity contribution in [3.63, 3.8) is 0 Å². The molecule has 3 N–H and O–H groups in total. The number of carboxylic acids is 1. The Morgan fingerprint density at radius 1 is 0.714 bits per heavy atom. The van der Waals surface area contributed by atoms with Gasteiger partial charge in [0.15, 0.2) is 0 Å². The van der Waals surface area contributed by atoms with Crippen LogP contribution >= 0.6 is 0 Å². The van der Waals surface area contributed by atoms with E-state index in [2.05, 4.69) is 34.9 Å². The third kappa shape index (κ3) is 4.31. The van der Waals surface area contributed by atoms with Crippen molar-refractivity contribution in [2.75, 3.05) is 10.6 Å². The van der Waals surface area contributed by atoms with Crippen LogP contribution in [0.3, 0.4) is 0 Å². The van der Waals surface area contributed by atoms with Crippen LogP contribution in [0.2, 0.25) is 0 Å². The summed E-state index contributed by atoms with van der Waals surface area (Å²) in [5.74, 6) is 1.64. The van der Waals surface area contributed by atoms with E-state index in [1.165, 1.54) is 44.1 Å². The van der Waals surface area contributed by atoms with Crippen LogP contribution < -0.4 is 10.6 Å². The quantitative estimate of drug-likeness (QED) is 0.371. The fraction of sp³-hybridized carbons (Fsp3) is 0.333. The molecule has 4 aliphatic carbocycles. The highest BCUT2D eigenvalue weighted by atomic mass is 16.4. The highest BCUT2D eigenvalue weighted by molar-refractivity contribution is 6.04. The second-order valence-corrected chi connectivity index (χ2v) is 10.8. The number of carboxylic acid groups (broad SMARTS) is 1. The fourth-order valence-corrected chi connectivity index (χ4v) is 7.18. The molecule has 0 spiro atoms. The van der Waals surface area contributed by atoms with E-state index in [-0.39, 0.29) is 11.5 Å². The Hall–Kier alpha value is -3.60. The minimum Gasteiger partial charge on any atom is -0.478 e. The molecule has 0 radical (unpaired) electrons. The molecule has 5 heteroatoms. The molecule has 178 valence electrons. The van der Waals surface area contributed by atoms with Gasteiger partial charge in [0.05, 0.1) is 5.56 Å². The zero-order valence-electron chi connectivity index (χ0n) is 19.7. The highest BCUT2D eigenvalue weighted by Gasteiger charge is 2.51. The summed E-state index contributed by atoms with van der Waals surface area (Å²) in [5.41, 5.74) is 4.89. The maximum Gasteiger partial charge on any atom is 0.335 e. The molecule has 0 saturated heterocycles. The van der Waals surface area contributed by atoms with Gasteiger partial charge in [0.25, 0.3) is 5.91 Å². The maximum atomic E-state index is 12.8. The Kier molecular flexibility index (Phi) is 5.36. The smallest absolute Gasteiger partial charge is 0.335 e. The number of nitrogens with one attached hydrogen (secondary N) is 2. The lowest BCUT2D eigenvalue weighted by Gasteiger charge is -2.57. The van der Waals surface area contributed by atoms with Crippen molar-refractivity contribution in [1.29, 1.82) is 0 Å². The van der Waals surface area contributed by atoms with Gasteiger partial charge in [-0.1, -0.05) is 18.2 Å². The number of carbonyl (C=O) groups excluding carboxylic acids is 1. The fourth-order valence-electron chi connectivity index (χ4n) is 7.18. The van der Waals surface area contributed by atoms with Gasteiger partial charge in [0.1, 0.15) is 0 Å². The molecule has 35 heavy (non-hydrogen) atoms. The molecule has 1 amide bonds. The molecule has 4 aliphatic rings. The van der Waals surface area contributed by atoms with Gasteiger partial charge in [-0.05, 0) is 122 Å². The van der Waals surface area contributed by atoms with Gasteiger partial charge in [-0.2, -0.15) is 0 Å². The number of hydrogen-bond acceptors (Lipinski definition) is 3. The molecule has 0 aliphatic heterocycles. The van der Waals surface area contributed by atoms with E-state index < -0.39 is 5.97 Å². The van der Waals surface area contributed by atoms with Crippen LogP contribution in [0.1, 0.15) is 64.8 Å². The summed E-state index contributed by atoms with van der Waals surface area (Å²) in [6.07, 6.45) is 8.34. The predicted molar refractivity (Wildman–Crippen MR) is 137 cm³/mol. The van der Waals surface area contributed by atoms with Gasteiger partial charge < -0.3 is 15.7 Å². The largest absolute Gasteiger partial charge is 0.478 e. The van der Waals surface area contributed by atoms with E-state index in [0.29, 0.717) is 16.7 Å². The second kappa shape index (κ2) is 8.56. The third-order valence-corrected chi connectivity index (χ3v) is 8.34. The maximum absolute atomic E-state index is 12.8. The summed E-state index contributed by atoms with van der Waals surface area (Å²) in [6, 6.07) is 22.4. The van der Waals surface area contributed by atoms with E-state index >= 15 is 0 Å². The molecule has 7 rings (SSSR count). The zero-order chi connectivity index (χ0) is 24.0. The van der Waals surface area contributed by atoms with Crippen LogP contribution in [0.15, 0.2) is 72.8 Å². The molecule has 3 aromatic carbocycles. The standard InChI is InChI=1S/C30H30N2O3/c33-28(22-4-8-25(9-5-22)31-27-3-1-2-23(15-27)29(34)35)32-26-10-6-24(7-11-26)30-16-19-12-20(17-30)14-21(13-19)18-30/h1-11,15,19-21,31H,12-14,16-18H2,(H,32,33)(H,34,35). The lowest BCUT2D eigenvalue weighted by molar-refractivity contribution is -0.00518. The first kappa shape index (κ1) is 21.9. The molecule has 4 bridgehead atoms. The number of rotatable bonds is 6. The molecule has 5 nitrogen and oxygen atoms in total. The molecule has 3 aromatic rings. The molecule has 0 aromatic heterocycles. The lowest BCUT2D eigenvalue weighted by Crippen LogP contribution is -2.48. The molecule has 4 fully saturated rings. The average molecular weight is 467 g/mol.